The number of amides is 2. The van der Waals surface area contributed by atoms with Crippen molar-refractivity contribution in [2.24, 2.45) is 0 Å². The molecule has 0 aliphatic carbocycles. The molecule has 6 heteroatoms. The molecular weight excluding hydrogens is 262 g/mol. The van der Waals surface area contributed by atoms with E-state index in [-0.39, 0.29) is 42.0 Å². The van der Waals surface area contributed by atoms with E-state index in [0.29, 0.717) is 5.75 Å². The van der Waals surface area contributed by atoms with E-state index in [4.69, 9.17) is 9.84 Å². The maximum atomic E-state index is 11.8. The first-order valence-electron chi connectivity index (χ1n) is 6.30. The third-order valence-electron chi connectivity index (χ3n) is 2.86. The molecule has 0 saturated carbocycles. The van der Waals surface area contributed by atoms with E-state index in [1.54, 1.807) is 0 Å². The van der Waals surface area contributed by atoms with Gasteiger partial charge in [0.1, 0.15) is 5.75 Å². The fourth-order valence-electron chi connectivity index (χ4n) is 2.02. The Morgan fingerprint density at radius 3 is 2.35 bits per heavy atom. The maximum absolute atomic E-state index is 11.8. The summed E-state index contributed by atoms with van der Waals surface area (Å²) in [5.74, 6) is -1.48. The first-order chi connectivity index (χ1) is 9.40. The minimum atomic E-state index is -1.12. The van der Waals surface area contributed by atoms with E-state index >= 15 is 0 Å². The molecule has 106 valence electrons. The molecule has 0 atom stereocenters. The van der Waals surface area contributed by atoms with Crippen molar-refractivity contribution in [2.45, 2.75) is 32.8 Å². The van der Waals surface area contributed by atoms with Crippen LogP contribution < -0.4 is 9.64 Å². The molecule has 1 fully saturated rings. The van der Waals surface area contributed by atoms with Gasteiger partial charge in [-0.05, 0) is 32.0 Å². The van der Waals surface area contributed by atoms with Crippen LogP contribution in [0.25, 0.3) is 0 Å². The van der Waals surface area contributed by atoms with Crippen molar-refractivity contribution in [1.82, 2.24) is 0 Å². The zero-order chi connectivity index (χ0) is 14.9. The normalized spacial score (nSPS) is 15.1. The first kappa shape index (κ1) is 14.0. The van der Waals surface area contributed by atoms with E-state index in [2.05, 4.69) is 0 Å². The summed E-state index contributed by atoms with van der Waals surface area (Å²) in [6, 6.07) is 4.15. The number of anilines is 1. The summed E-state index contributed by atoms with van der Waals surface area (Å²) in [5, 5.41) is 9.03. The van der Waals surface area contributed by atoms with Gasteiger partial charge in [-0.3, -0.25) is 9.59 Å². The van der Waals surface area contributed by atoms with Crippen LogP contribution in [0.4, 0.5) is 5.69 Å². The molecule has 6 nitrogen and oxygen atoms in total. The summed E-state index contributed by atoms with van der Waals surface area (Å²) >= 11 is 0. The van der Waals surface area contributed by atoms with E-state index < -0.39 is 5.97 Å². The van der Waals surface area contributed by atoms with Crippen molar-refractivity contribution in [3.8, 4) is 5.75 Å². The number of rotatable bonds is 4. The molecule has 2 amide bonds. The lowest BCUT2D eigenvalue weighted by molar-refractivity contribution is -0.121. The van der Waals surface area contributed by atoms with Crippen LogP contribution in [-0.4, -0.2) is 29.0 Å². The van der Waals surface area contributed by atoms with Gasteiger partial charge in [-0.15, -0.1) is 0 Å². The molecule has 1 N–H and O–H groups in total. The summed E-state index contributed by atoms with van der Waals surface area (Å²) in [7, 11) is 0. The molecule has 1 aromatic carbocycles. The highest BCUT2D eigenvalue weighted by Crippen LogP contribution is 2.33. The predicted octanol–water partition coefficient (Wildman–Crippen LogP) is 1.83. The number of imide groups is 1. The quantitative estimate of drug-likeness (QED) is 0.849. The molecule has 1 heterocycles. The van der Waals surface area contributed by atoms with E-state index in [9.17, 15) is 14.4 Å². The summed E-state index contributed by atoms with van der Waals surface area (Å²) < 4.78 is 5.55. The van der Waals surface area contributed by atoms with Gasteiger partial charge in [-0.25, -0.2) is 9.69 Å². The van der Waals surface area contributed by atoms with Gasteiger partial charge < -0.3 is 9.84 Å². The lowest BCUT2D eigenvalue weighted by Gasteiger charge is -2.20. The number of aromatic carboxylic acids is 1. The molecule has 0 unspecified atom stereocenters. The standard InChI is InChI=1S/C14H15NO5/c1-8(2)20-11-4-3-9(14(18)19)7-10(11)15-12(16)5-6-13(15)17/h3-4,7-8H,5-6H2,1-2H3,(H,18,19). The number of carbonyl (C=O) groups is 3. The Bertz CT molecular complexity index is 563. The number of carboxylic acid groups (broad SMARTS) is 1. The Balaban J connectivity index is 2.51. The molecule has 1 aliphatic rings. The van der Waals surface area contributed by atoms with Gasteiger partial charge in [0.15, 0.2) is 0 Å². The second kappa shape index (κ2) is 5.32. The van der Waals surface area contributed by atoms with Gasteiger partial charge in [-0.2, -0.15) is 0 Å². The summed E-state index contributed by atoms with van der Waals surface area (Å²) in [5.41, 5.74) is 0.203. The van der Waals surface area contributed by atoms with Crippen LogP contribution in [-0.2, 0) is 9.59 Å². The fourth-order valence-corrected chi connectivity index (χ4v) is 2.02. The predicted molar refractivity (Wildman–Crippen MR) is 70.9 cm³/mol. The van der Waals surface area contributed by atoms with Crippen LogP contribution in [0.15, 0.2) is 18.2 Å². The minimum absolute atomic E-state index is 0.00334. The van der Waals surface area contributed by atoms with Crippen LogP contribution in [0.2, 0.25) is 0 Å². The van der Waals surface area contributed by atoms with Gasteiger partial charge >= 0.3 is 5.97 Å². The van der Waals surface area contributed by atoms with Crippen LogP contribution in [0.3, 0.4) is 0 Å². The summed E-state index contributed by atoms with van der Waals surface area (Å²) in [4.78, 5) is 35.7. The molecule has 0 radical (unpaired) electrons. The molecule has 2 rings (SSSR count). The second-order valence-electron chi connectivity index (χ2n) is 4.78. The smallest absolute Gasteiger partial charge is 0.335 e. The second-order valence-corrected chi connectivity index (χ2v) is 4.78. The molecule has 0 aromatic heterocycles. The Morgan fingerprint density at radius 2 is 1.85 bits per heavy atom. The van der Waals surface area contributed by atoms with E-state index in [1.807, 2.05) is 13.8 Å². The van der Waals surface area contributed by atoms with Gasteiger partial charge in [0.2, 0.25) is 11.8 Å². The summed E-state index contributed by atoms with van der Waals surface area (Å²) in [6.45, 7) is 3.62. The zero-order valence-corrected chi connectivity index (χ0v) is 11.3. The third-order valence-corrected chi connectivity index (χ3v) is 2.86. The molecule has 1 aromatic rings. The Kier molecular flexibility index (Phi) is 3.74. The van der Waals surface area contributed by atoms with Crippen molar-refractivity contribution < 1.29 is 24.2 Å². The van der Waals surface area contributed by atoms with Gasteiger partial charge in [0, 0.05) is 12.8 Å². The first-order valence-corrected chi connectivity index (χ1v) is 6.30. The monoisotopic (exact) mass is 277 g/mol. The minimum Gasteiger partial charge on any atom is -0.489 e. The summed E-state index contributed by atoms with van der Waals surface area (Å²) in [6.07, 6.45) is 0.117. The van der Waals surface area contributed by atoms with E-state index in [0.717, 1.165) is 4.90 Å². The Hall–Kier alpha value is -2.37. The lowest BCUT2D eigenvalue weighted by atomic mass is 10.1. The number of carboxylic acids is 1. The number of hydrogen-bond acceptors (Lipinski definition) is 4. The van der Waals surface area contributed by atoms with Crippen molar-refractivity contribution in [3.63, 3.8) is 0 Å². The Morgan fingerprint density at radius 1 is 1.25 bits per heavy atom. The number of hydrogen-bond donors (Lipinski definition) is 1. The molecule has 0 spiro atoms. The average Bonchev–Trinajstić information content (AvgIpc) is 2.69. The molecule has 0 bridgehead atoms. The zero-order valence-electron chi connectivity index (χ0n) is 11.3. The van der Waals surface area contributed by atoms with Gasteiger partial charge in [0.25, 0.3) is 0 Å². The topological polar surface area (TPSA) is 83.9 Å². The number of ether oxygens (including phenoxy) is 1. The Labute approximate surface area is 115 Å². The van der Waals surface area contributed by atoms with Crippen molar-refractivity contribution >= 4 is 23.5 Å². The molecule has 20 heavy (non-hydrogen) atoms. The molecule has 1 aliphatic heterocycles. The number of benzene rings is 1. The highest BCUT2D eigenvalue weighted by molar-refractivity contribution is 6.20. The molecular formula is C14H15NO5. The highest BCUT2D eigenvalue weighted by Gasteiger charge is 2.33. The van der Waals surface area contributed by atoms with Crippen LogP contribution >= 0.6 is 0 Å². The van der Waals surface area contributed by atoms with E-state index in [1.165, 1.54) is 18.2 Å². The largest absolute Gasteiger partial charge is 0.489 e. The molecule has 1 saturated heterocycles. The average molecular weight is 277 g/mol. The third kappa shape index (κ3) is 2.64. The maximum Gasteiger partial charge on any atom is 0.335 e. The lowest BCUT2D eigenvalue weighted by Crippen LogP contribution is -2.29. The van der Waals surface area contributed by atoms with Crippen LogP contribution in [0.1, 0.15) is 37.0 Å². The van der Waals surface area contributed by atoms with Crippen molar-refractivity contribution in [3.05, 3.63) is 23.8 Å². The van der Waals surface area contributed by atoms with Crippen molar-refractivity contribution in [2.75, 3.05) is 4.90 Å². The number of carbonyl (C=O) groups excluding carboxylic acids is 2. The van der Waals surface area contributed by atoms with Crippen LogP contribution in [0, 0.1) is 0 Å². The van der Waals surface area contributed by atoms with Crippen molar-refractivity contribution in [1.29, 1.82) is 0 Å². The SMILES string of the molecule is CC(C)Oc1ccc(C(=O)O)cc1N1C(=O)CCC1=O. The number of nitrogens with zero attached hydrogens (tertiary/aromatic N) is 1. The van der Waals surface area contributed by atoms with Gasteiger partial charge in [-0.1, -0.05) is 0 Å². The fraction of sp³-hybridized carbons (Fsp3) is 0.357. The van der Waals surface area contributed by atoms with Gasteiger partial charge in [0.05, 0.1) is 17.4 Å². The van der Waals surface area contributed by atoms with Crippen LogP contribution in [0.5, 0.6) is 5.75 Å². The highest BCUT2D eigenvalue weighted by atomic mass is 16.5.